The Kier molecular flexibility index (Phi) is 8.49. The van der Waals surface area contributed by atoms with E-state index in [2.05, 4.69) is 25.6 Å². The number of carbonyl (C=O) groups is 3. The molecule has 1 saturated carbocycles. The lowest BCUT2D eigenvalue weighted by Gasteiger charge is -2.22. The van der Waals surface area contributed by atoms with E-state index in [0.29, 0.717) is 29.4 Å². The first-order valence-corrected chi connectivity index (χ1v) is 13.9. The van der Waals surface area contributed by atoms with Crippen LogP contribution in [0.3, 0.4) is 0 Å². The van der Waals surface area contributed by atoms with E-state index < -0.39 is 5.97 Å². The van der Waals surface area contributed by atoms with Gasteiger partial charge in [-0.05, 0) is 42.7 Å². The van der Waals surface area contributed by atoms with E-state index in [0.717, 1.165) is 42.1 Å². The van der Waals surface area contributed by atoms with Crippen molar-refractivity contribution < 1.29 is 19.5 Å². The van der Waals surface area contributed by atoms with Crippen molar-refractivity contribution >= 4 is 51.8 Å². The van der Waals surface area contributed by atoms with E-state index in [9.17, 15) is 19.5 Å². The van der Waals surface area contributed by atoms with Gasteiger partial charge >= 0.3 is 5.97 Å². The van der Waals surface area contributed by atoms with Crippen LogP contribution in [0.15, 0.2) is 54.6 Å². The fraction of sp³-hybridized carbons (Fsp3) is 0.300. The Bertz CT molecular complexity index is 1550. The molecule has 0 radical (unpaired) electrons. The maximum atomic E-state index is 12.7. The van der Waals surface area contributed by atoms with Gasteiger partial charge < -0.3 is 25.6 Å². The Morgan fingerprint density at radius 3 is 2.51 bits per heavy atom. The zero-order valence-corrected chi connectivity index (χ0v) is 23.4. The van der Waals surface area contributed by atoms with Gasteiger partial charge in [0.05, 0.1) is 13.0 Å². The summed E-state index contributed by atoms with van der Waals surface area (Å²) in [5, 5.41) is 16.4. The summed E-state index contributed by atoms with van der Waals surface area (Å²) in [6.07, 6.45) is 4.09. The van der Waals surface area contributed by atoms with Crippen LogP contribution < -0.4 is 15.5 Å². The molecule has 2 aromatic carbocycles. The molecule has 2 heterocycles. The number of benzene rings is 2. The van der Waals surface area contributed by atoms with Gasteiger partial charge in [-0.25, -0.2) is 9.97 Å². The number of carboxylic acids is 1. The molecule has 1 aliphatic carbocycles. The fourth-order valence-corrected chi connectivity index (χ4v) is 5.35. The molecule has 4 N–H and O–H groups in total. The van der Waals surface area contributed by atoms with Crippen LogP contribution in [0, 0.1) is 0 Å². The molecule has 2 aromatic heterocycles. The average Bonchev–Trinajstić information content (AvgIpc) is 3.61. The van der Waals surface area contributed by atoms with Gasteiger partial charge in [-0.15, -0.1) is 0 Å². The molecule has 0 saturated heterocycles. The number of carbonyl (C=O) groups excluding carboxylic acids is 2. The second-order valence-corrected chi connectivity index (χ2v) is 10.7. The number of nitrogens with one attached hydrogen (secondary N) is 3. The summed E-state index contributed by atoms with van der Waals surface area (Å²) < 4.78 is 0. The summed E-state index contributed by atoms with van der Waals surface area (Å²) in [6.45, 7) is 0.0146. The fourth-order valence-electron chi connectivity index (χ4n) is 5.10. The SMILES string of the molecule is CN(CC(=O)NC1CCCC1)c1nc(Cc2ccc(NC(=O)c3cc4ccccc4[nH]3)cc2)nc(Cl)c1CC(=O)O. The van der Waals surface area contributed by atoms with Crippen molar-refractivity contribution in [3.63, 3.8) is 0 Å². The largest absolute Gasteiger partial charge is 0.481 e. The summed E-state index contributed by atoms with van der Waals surface area (Å²) in [5.41, 5.74) is 3.10. The number of halogens is 1. The summed E-state index contributed by atoms with van der Waals surface area (Å²) >= 11 is 6.44. The molecule has 0 bridgehead atoms. The third-order valence-corrected chi connectivity index (χ3v) is 7.43. The van der Waals surface area contributed by atoms with Gasteiger partial charge in [-0.3, -0.25) is 14.4 Å². The third-order valence-electron chi connectivity index (χ3n) is 7.12. The molecule has 41 heavy (non-hydrogen) atoms. The number of aromatic amines is 1. The molecular weight excluding hydrogens is 544 g/mol. The summed E-state index contributed by atoms with van der Waals surface area (Å²) in [5.74, 6) is -0.772. The summed E-state index contributed by atoms with van der Waals surface area (Å²) in [4.78, 5) is 50.6. The Hall–Kier alpha value is -4.44. The summed E-state index contributed by atoms with van der Waals surface area (Å²) in [6, 6.07) is 16.9. The van der Waals surface area contributed by atoms with E-state index in [1.54, 1.807) is 30.1 Å². The number of rotatable bonds is 10. The molecule has 1 fully saturated rings. The van der Waals surface area contributed by atoms with Crippen molar-refractivity contribution in [2.45, 2.75) is 44.6 Å². The number of fused-ring (bicyclic) bond motifs is 1. The Balaban J connectivity index is 1.28. The second-order valence-electron chi connectivity index (χ2n) is 10.3. The highest BCUT2D eigenvalue weighted by atomic mass is 35.5. The lowest BCUT2D eigenvalue weighted by atomic mass is 10.1. The highest BCUT2D eigenvalue weighted by molar-refractivity contribution is 6.30. The first-order valence-electron chi connectivity index (χ1n) is 13.5. The minimum Gasteiger partial charge on any atom is -0.481 e. The van der Waals surface area contributed by atoms with Crippen LogP contribution in [0.2, 0.25) is 5.15 Å². The van der Waals surface area contributed by atoms with Crippen LogP contribution in [-0.2, 0) is 22.4 Å². The van der Waals surface area contributed by atoms with E-state index in [1.165, 1.54) is 0 Å². The number of hydrogen-bond acceptors (Lipinski definition) is 6. The molecule has 212 valence electrons. The van der Waals surface area contributed by atoms with Crippen LogP contribution in [0.5, 0.6) is 0 Å². The van der Waals surface area contributed by atoms with Crippen molar-refractivity contribution in [1.29, 1.82) is 0 Å². The quantitative estimate of drug-likeness (QED) is 0.203. The predicted molar refractivity (Wildman–Crippen MR) is 158 cm³/mol. The van der Waals surface area contributed by atoms with Crippen molar-refractivity contribution in [2.75, 3.05) is 23.8 Å². The van der Waals surface area contributed by atoms with E-state index >= 15 is 0 Å². The van der Waals surface area contributed by atoms with Crippen molar-refractivity contribution in [1.82, 2.24) is 20.3 Å². The molecule has 4 aromatic rings. The molecule has 11 heteroatoms. The average molecular weight is 575 g/mol. The van der Waals surface area contributed by atoms with Gasteiger partial charge in [0, 0.05) is 41.7 Å². The standard InChI is InChI=1S/C30H31ClN6O4/c1-37(17-26(38)32-20-7-3-4-8-20)29-22(16-27(39)40)28(31)35-25(36-29)14-18-10-12-21(13-11-18)33-30(41)24-15-19-6-2-5-9-23(19)34-24/h2,5-6,9-13,15,20,34H,3-4,7-8,14,16-17H2,1H3,(H,32,38)(H,33,41)(H,39,40). The van der Waals surface area contributed by atoms with Crippen LogP contribution >= 0.6 is 11.6 Å². The number of amides is 2. The third kappa shape index (κ3) is 7.01. The van der Waals surface area contributed by atoms with Gasteiger partial charge in [0.15, 0.2) is 0 Å². The van der Waals surface area contributed by atoms with E-state index in [-0.39, 0.29) is 41.5 Å². The maximum absolute atomic E-state index is 12.7. The number of nitrogens with zero attached hydrogens (tertiary/aromatic N) is 3. The molecule has 0 unspecified atom stereocenters. The summed E-state index contributed by atoms with van der Waals surface area (Å²) in [7, 11) is 1.69. The molecule has 0 atom stereocenters. The van der Waals surface area contributed by atoms with Crippen molar-refractivity contribution in [3.05, 3.63) is 82.4 Å². The van der Waals surface area contributed by atoms with Crippen molar-refractivity contribution in [3.8, 4) is 0 Å². The topological polar surface area (TPSA) is 140 Å². The van der Waals surface area contributed by atoms with Crippen LogP contribution in [0.25, 0.3) is 10.9 Å². The zero-order chi connectivity index (χ0) is 28.9. The Labute approximate surface area is 242 Å². The monoisotopic (exact) mass is 574 g/mol. The molecule has 1 aliphatic rings. The highest BCUT2D eigenvalue weighted by Gasteiger charge is 2.22. The number of aromatic nitrogens is 3. The smallest absolute Gasteiger partial charge is 0.308 e. The zero-order valence-electron chi connectivity index (χ0n) is 22.6. The van der Waals surface area contributed by atoms with Gasteiger partial charge in [0.25, 0.3) is 5.91 Å². The number of anilines is 2. The van der Waals surface area contributed by atoms with Gasteiger partial charge in [-0.1, -0.05) is 54.8 Å². The van der Waals surface area contributed by atoms with Gasteiger partial charge in [-0.2, -0.15) is 0 Å². The molecule has 10 nitrogen and oxygen atoms in total. The number of para-hydroxylation sites is 1. The maximum Gasteiger partial charge on any atom is 0.308 e. The Morgan fingerprint density at radius 1 is 1.07 bits per heavy atom. The minimum atomic E-state index is -1.07. The molecule has 2 amide bonds. The first kappa shape index (κ1) is 28.1. The van der Waals surface area contributed by atoms with Crippen LogP contribution in [0.1, 0.15) is 53.1 Å². The number of carboxylic acid groups (broad SMARTS) is 1. The number of likely N-dealkylation sites (N-methyl/N-ethyl adjacent to an activating group) is 1. The second kappa shape index (κ2) is 12.4. The van der Waals surface area contributed by atoms with E-state index in [4.69, 9.17) is 11.6 Å². The normalized spacial score (nSPS) is 13.3. The predicted octanol–water partition coefficient (Wildman–Crippen LogP) is 4.58. The number of hydrogen-bond donors (Lipinski definition) is 4. The first-order chi connectivity index (χ1) is 19.7. The number of aliphatic carboxylic acids is 1. The van der Waals surface area contributed by atoms with Crippen LogP contribution in [-0.4, -0.2) is 57.5 Å². The number of H-pyrrole nitrogens is 1. The lowest BCUT2D eigenvalue weighted by molar-refractivity contribution is -0.136. The molecule has 0 aliphatic heterocycles. The highest BCUT2D eigenvalue weighted by Crippen LogP contribution is 2.26. The Morgan fingerprint density at radius 2 is 1.80 bits per heavy atom. The molecule has 5 rings (SSSR count). The van der Waals surface area contributed by atoms with Crippen LogP contribution in [0.4, 0.5) is 11.5 Å². The lowest BCUT2D eigenvalue weighted by Crippen LogP contribution is -2.40. The van der Waals surface area contributed by atoms with Gasteiger partial charge in [0.1, 0.15) is 22.5 Å². The molecule has 0 spiro atoms. The van der Waals surface area contributed by atoms with E-state index in [1.807, 2.05) is 36.4 Å². The van der Waals surface area contributed by atoms with Crippen molar-refractivity contribution in [2.24, 2.45) is 0 Å². The van der Waals surface area contributed by atoms with Gasteiger partial charge in [0.2, 0.25) is 5.91 Å². The minimum absolute atomic E-state index is 0.0146. The molecular formula is C30H31ClN6O4.